The van der Waals surface area contributed by atoms with Crippen molar-refractivity contribution in [2.24, 2.45) is 5.41 Å². The second kappa shape index (κ2) is 4.62. The molecule has 90 valence electrons. The largest absolute Gasteiger partial charge is 0.464 e. The minimum absolute atomic E-state index is 0.337. The zero-order valence-corrected chi connectivity index (χ0v) is 10.7. The number of aryl methyl sites for hydroxylation is 1. The summed E-state index contributed by atoms with van der Waals surface area (Å²) in [7, 11) is 0. The van der Waals surface area contributed by atoms with Crippen LogP contribution in [0.1, 0.15) is 57.6 Å². The van der Waals surface area contributed by atoms with E-state index in [4.69, 9.17) is 4.42 Å². The fourth-order valence-corrected chi connectivity index (χ4v) is 2.12. The van der Waals surface area contributed by atoms with Gasteiger partial charge in [-0.1, -0.05) is 13.8 Å². The Kier molecular flexibility index (Phi) is 3.38. The SMILES string of the molecule is CCc1ccc(C(C)NCC2(CC)CC2)o1. The van der Waals surface area contributed by atoms with Crippen LogP contribution in [-0.4, -0.2) is 6.54 Å². The van der Waals surface area contributed by atoms with Crippen molar-refractivity contribution in [3.8, 4) is 0 Å². The minimum atomic E-state index is 0.337. The van der Waals surface area contributed by atoms with Crippen LogP contribution >= 0.6 is 0 Å². The van der Waals surface area contributed by atoms with Crippen LogP contribution in [0.3, 0.4) is 0 Å². The smallest absolute Gasteiger partial charge is 0.120 e. The molecule has 2 rings (SSSR count). The highest BCUT2D eigenvalue weighted by Crippen LogP contribution is 2.48. The lowest BCUT2D eigenvalue weighted by atomic mass is 10.0. The van der Waals surface area contributed by atoms with Gasteiger partial charge in [0.05, 0.1) is 6.04 Å². The number of nitrogens with one attached hydrogen (secondary N) is 1. The summed E-state index contributed by atoms with van der Waals surface area (Å²) in [6, 6.07) is 4.52. The Balaban J connectivity index is 1.85. The number of hydrogen-bond acceptors (Lipinski definition) is 2. The summed E-state index contributed by atoms with van der Waals surface area (Å²) < 4.78 is 5.75. The fourth-order valence-electron chi connectivity index (χ4n) is 2.12. The summed E-state index contributed by atoms with van der Waals surface area (Å²) in [5.74, 6) is 2.16. The van der Waals surface area contributed by atoms with Gasteiger partial charge in [0.1, 0.15) is 11.5 Å². The third kappa shape index (κ3) is 2.49. The van der Waals surface area contributed by atoms with Gasteiger partial charge in [0, 0.05) is 13.0 Å². The van der Waals surface area contributed by atoms with Crippen molar-refractivity contribution in [1.82, 2.24) is 5.32 Å². The molecule has 2 heteroatoms. The van der Waals surface area contributed by atoms with Crippen LogP contribution in [0.5, 0.6) is 0 Å². The summed E-state index contributed by atoms with van der Waals surface area (Å²) in [6.45, 7) is 7.73. The van der Waals surface area contributed by atoms with Crippen LogP contribution in [0.4, 0.5) is 0 Å². The number of hydrogen-bond donors (Lipinski definition) is 1. The quantitative estimate of drug-likeness (QED) is 0.792. The topological polar surface area (TPSA) is 25.2 Å². The number of furan rings is 1. The Bertz CT molecular complexity index is 338. The van der Waals surface area contributed by atoms with Crippen molar-refractivity contribution < 1.29 is 4.42 Å². The van der Waals surface area contributed by atoms with E-state index in [2.05, 4.69) is 38.2 Å². The standard InChI is InChI=1S/C14H23NO/c1-4-12-6-7-13(16-12)11(3)15-10-14(5-2)8-9-14/h6-7,11,15H,4-5,8-10H2,1-3H3. The Hall–Kier alpha value is -0.760. The zero-order valence-electron chi connectivity index (χ0n) is 10.7. The van der Waals surface area contributed by atoms with Gasteiger partial charge in [0.25, 0.3) is 0 Å². The van der Waals surface area contributed by atoms with Crippen LogP contribution in [0.15, 0.2) is 16.5 Å². The Morgan fingerprint density at radius 3 is 2.62 bits per heavy atom. The Morgan fingerprint density at radius 1 is 1.38 bits per heavy atom. The van der Waals surface area contributed by atoms with Gasteiger partial charge in [0.2, 0.25) is 0 Å². The molecule has 1 heterocycles. The van der Waals surface area contributed by atoms with E-state index in [9.17, 15) is 0 Å². The highest BCUT2D eigenvalue weighted by molar-refractivity contribution is 5.10. The average molecular weight is 221 g/mol. The monoisotopic (exact) mass is 221 g/mol. The van der Waals surface area contributed by atoms with Crippen LogP contribution in [0.25, 0.3) is 0 Å². The first kappa shape index (κ1) is 11.7. The van der Waals surface area contributed by atoms with Crippen molar-refractivity contribution in [3.05, 3.63) is 23.7 Å². The van der Waals surface area contributed by atoms with E-state index in [-0.39, 0.29) is 0 Å². The van der Waals surface area contributed by atoms with E-state index < -0.39 is 0 Å². The maximum absolute atomic E-state index is 5.75. The predicted molar refractivity (Wildman–Crippen MR) is 66.5 cm³/mol. The van der Waals surface area contributed by atoms with Crippen LogP contribution in [0, 0.1) is 5.41 Å². The van der Waals surface area contributed by atoms with Gasteiger partial charge in [0.15, 0.2) is 0 Å². The first-order chi connectivity index (χ1) is 7.69. The van der Waals surface area contributed by atoms with Gasteiger partial charge < -0.3 is 9.73 Å². The van der Waals surface area contributed by atoms with Crippen molar-refractivity contribution in [2.45, 2.75) is 52.5 Å². The summed E-state index contributed by atoms with van der Waals surface area (Å²) in [4.78, 5) is 0. The molecule has 1 atom stereocenters. The molecule has 0 saturated heterocycles. The van der Waals surface area contributed by atoms with E-state index in [0.717, 1.165) is 24.5 Å². The van der Waals surface area contributed by atoms with Gasteiger partial charge >= 0.3 is 0 Å². The molecule has 1 aliphatic rings. The molecular formula is C14H23NO. The maximum Gasteiger partial charge on any atom is 0.120 e. The second-order valence-electron chi connectivity index (χ2n) is 5.11. The third-order valence-corrected chi connectivity index (χ3v) is 3.95. The van der Waals surface area contributed by atoms with E-state index >= 15 is 0 Å². The van der Waals surface area contributed by atoms with E-state index in [0.29, 0.717) is 11.5 Å². The van der Waals surface area contributed by atoms with Crippen LogP contribution in [0.2, 0.25) is 0 Å². The molecule has 1 fully saturated rings. The highest BCUT2D eigenvalue weighted by atomic mass is 16.3. The molecular weight excluding hydrogens is 198 g/mol. The fraction of sp³-hybridized carbons (Fsp3) is 0.714. The summed E-state index contributed by atoms with van der Waals surface area (Å²) >= 11 is 0. The van der Waals surface area contributed by atoms with E-state index in [1.54, 1.807) is 0 Å². The van der Waals surface area contributed by atoms with Gasteiger partial charge in [-0.2, -0.15) is 0 Å². The molecule has 1 aromatic rings. The molecule has 2 nitrogen and oxygen atoms in total. The first-order valence-corrected chi connectivity index (χ1v) is 6.51. The van der Waals surface area contributed by atoms with Gasteiger partial charge in [-0.05, 0) is 43.7 Å². The molecule has 0 aromatic carbocycles. The molecule has 0 aliphatic heterocycles. The minimum Gasteiger partial charge on any atom is -0.464 e. The van der Waals surface area contributed by atoms with Crippen molar-refractivity contribution in [3.63, 3.8) is 0 Å². The van der Waals surface area contributed by atoms with Gasteiger partial charge in [-0.15, -0.1) is 0 Å². The van der Waals surface area contributed by atoms with E-state index in [1.165, 1.54) is 19.3 Å². The first-order valence-electron chi connectivity index (χ1n) is 6.51. The normalized spacial score (nSPS) is 19.7. The lowest BCUT2D eigenvalue weighted by molar-refractivity contribution is 0.367. The molecule has 0 amide bonds. The van der Waals surface area contributed by atoms with Crippen molar-refractivity contribution in [2.75, 3.05) is 6.54 Å². The van der Waals surface area contributed by atoms with Crippen LogP contribution < -0.4 is 5.32 Å². The maximum atomic E-state index is 5.75. The molecule has 0 spiro atoms. The zero-order chi connectivity index (χ0) is 11.6. The molecule has 0 radical (unpaired) electrons. The van der Waals surface area contributed by atoms with Crippen molar-refractivity contribution >= 4 is 0 Å². The molecule has 16 heavy (non-hydrogen) atoms. The lowest BCUT2D eigenvalue weighted by Gasteiger charge is -2.17. The third-order valence-electron chi connectivity index (χ3n) is 3.95. The predicted octanol–water partition coefficient (Wildman–Crippen LogP) is 3.68. The van der Waals surface area contributed by atoms with Crippen molar-refractivity contribution in [1.29, 1.82) is 0 Å². The molecule has 1 N–H and O–H groups in total. The highest BCUT2D eigenvalue weighted by Gasteiger charge is 2.40. The molecule has 1 saturated carbocycles. The Morgan fingerprint density at radius 2 is 2.12 bits per heavy atom. The summed E-state index contributed by atoms with van der Waals surface area (Å²) in [5, 5.41) is 3.60. The summed E-state index contributed by atoms with van der Waals surface area (Å²) in [6.07, 6.45) is 5.06. The average Bonchev–Trinajstić information content (AvgIpc) is 2.94. The molecule has 0 bridgehead atoms. The van der Waals surface area contributed by atoms with E-state index in [1.807, 2.05) is 0 Å². The summed E-state index contributed by atoms with van der Waals surface area (Å²) in [5.41, 5.74) is 0.606. The molecule has 1 unspecified atom stereocenters. The van der Waals surface area contributed by atoms with Crippen LogP contribution in [-0.2, 0) is 6.42 Å². The Labute approximate surface area is 98.4 Å². The lowest BCUT2D eigenvalue weighted by Crippen LogP contribution is -2.26. The second-order valence-corrected chi connectivity index (χ2v) is 5.11. The van der Waals surface area contributed by atoms with Gasteiger partial charge in [-0.25, -0.2) is 0 Å². The molecule has 1 aliphatic carbocycles. The molecule has 1 aromatic heterocycles. The van der Waals surface area contributed by atoms with Gasteiger partial charge in [-0.3, -0.25) is 0 Å². The number of rotatable bonds is 6.